The molecule has 3 atom stereocenters. The number of benzene rings is 1. The molecular formula is C18H28N2O2. The Morgan fingerprint density at radius 3 is 2.59 bits per heavy atom. The Bertz CT molecular complexity index is 494. The van der Waals surface area contributed by atoms with Gasteiger partial charge in [-0.3, -0.25) is 9.69 Å². The first-order valence-corrected chi connectivity index (χ1v) is 8.15. The molecule has 4 nitrogen and oxygen atoms in total. The van der Waals surface area contributed by atoms with Crippen molar-refractivity contribution >= 4 is 5.91 Å². The number of carbonyl (C=O) groups excluding carboxylic acids is 1. The lowest BCUT2D eigenvalue weighted by Crippen LogP contribution is -2.50. The SMILES string of the molecule is COc1ccccc1CNC(=O)C(C)N1CC(C)CC(C)C1. The first-order valence-electron chi connectivity index (χ1n) is 8.15. The maximum absolute atomic E-state index is 12.4. The highest BCUT2D eigenvalue weighted by molar-refractivity contribution is 5.81. The smallest absolute Gasteiger partial charge is 0.237 e. The molecule has 1 saturated heterocycles. The molecule has 3 unspecified atom stereocenters. The minimum atomic E-state index is -0.0834. The summed E-state index contributed by atoms with van der Waals surface area (Å²) in [6.45, 7) is 9.06. The second-order valence-electron chi connectivity index (χ2n) is 6.61. The number of likely N-dealkylation sites (tertiary alicyclic amines) is 1. The maximum atomic E-state index is 12.4. The van der Waals surface area contributed by atoms with Crippen molar-refractivity contribution in [2.24, 2.45) is 11.8 Å². The fourth-order valence-corrected chi connectivity index (χ4v) is 3.37. The number of ether oxygens (including phenoxy) is 1. The van der Waals surface area contributed by atoms with Crippen molar-refractivity contribution in [2.75, 3.05) is 20.2 Å². The van der Waals surface area contributed by atoms with Crippen molar-refractivity contribution in [1.29, 1.82) is 0 Å². The van der Waals surface area contributed by atoms with E-state index in [2.05, 4.69) is 24.1 Å². The summed E-state index contributed by atoms with van der Waals surface area (Å²) in [6.07, 6.45) is 1.26. The molecule has 122 valence electrons. The van der Waals surface area contributed by atoms with Crippen LogP contribution in [0.4, 0.5) is 0 Å². The maximum Gasteiger partial charge on any atom is 0.237 e. The van der Waals surface area contributed by atoms with Crippen molar-refractivity contribution in [3.8, 4) is 5.75 Å². The van der Waals surface area contributed by atoms with Gasteiger partial charge in [0.05, 0.1) is 13.2 Å². The molecule has 0 saturated carbocycles. The standard InChI is InChI=1S/C18H28N2O2/c1-13-9-14(2)12-20(11-13)15(3)18(21)19-10-16-7-5-6-8-17(16)22-4/h5-8,13-15H,9-12H2,1-4H3,(H,19,21). The Morgan fingerprint density at radius 2 is 1.95 bits per heavy atom. The number of hydrogen-bond acceptors (Lipinski definition) is 3. The van der Waals surface area contributed by atoms with E-state index in [0.29, 0.717) is 18.4 Å². The van der Waals surface area contributed by atoms with E-state index in [1.807, 2.05) is 31.2 Å². The van der Waals surface area contributed by atoms with E-state index in [4.69, 9.17) is 4.74 Å². The van der Waals surface area contributed by atoms with E-state index in [1.54, 1.807) is 7.11 Å². The van der Waals surface area contributed by atoms with Crippen LogP contribution in [0.1, 0.15) is 32.8 Å². The second-order valence-corrected chi connectivity index (χ2v) is 6.61. The number of piperidine rings is 1. The van der Waals surface area contributed by atoms with E-state index in [0.717, 1.165) is 24.4 Å². The monoisotopic (exact) mass is 304 g/mol. The van der Waals surface area contributed by atoms with Crippen LogP contribution in [-0.2, 0) is 11.3 Å². The predicted octanol–water partition coefficient (Wildman–Crippen LogP) is 2.68. The zero-order chi connectivity index (χ0) is 16.1. The van der Waals surface area contributed by atoms with E-state index in [9.17, 15) is 4.79 Å². The lowest BCUT2D eigenvalue weighted by Gasteiger charge is -2.38. The van der Waals surface area contributed by atoms with Crippen LogP contribution in [0.2, 0.25) is 0 Å². The quantitative estimate of drug-likeness (QED) is 0.909. The molecule has 0 aromatic heterocycles. The van der Waals surface area contributed by atoms with Gasteiger partial charge in [-0.1, -0.05) is 32.0 Å². The molecule has 2 rings (SSSR count). The number of carbonyl (C=O) groups is 1. The molecule has 1 N–H and O–H groups in total. The average Bonchev–Trinajstić information content (AvgIpc) is 2.51. The van der Waals surface area contributed by atoms with Crippen molar-refractivity contribution in [1.82, 2.24) is 10.2 Å². The van der Waals surface area contributed by atoms with Gasteiger partial charge in [0.1, 0.15) is 5.75 Å². The first kappa shape index (κ1) is 16.8. The summed E-state index contributed by atoms with van der Waals surface area (Å²) < 4.78 is 5.32. The molecule has 0 bridgehead atoms. The summed E-state index contributed by atoms with van der Waals surface area (Å²) in [6, 6.07) is 7.71. The van der Waals surface area contributed by atoms with Gasteiger partial charge in [-0.2, -0.15) is 0 Å². The van der Waals surface area contributed by atoms with Gasteiger partial charge in [-0.25, -0.2) is 0 Å². The number of nitrogens with one attached hydrogen (secondary N) is 1. The summed E-state index contributed by atoms with van der Waals surface area (Å²) in [4.78, 5) is 14.7. The fourth-order valence-electron chi connectivity index (χ4n) is 3.37. The van der Waals surface area contributed by atoms with Gasteiger partial charge in [0.2, 0.25) is 5.91 Å². The molecule has 22 heavy (non-hydrogen) atoms. The minimum Gasteiger partial charge on any atom is -0.496 e. The Morgan fingerprint density at radius 1 is 1.32 bits per heavy atom. The minimum absolute atomic E-state index is 0.0834. The third-order valence-electron chi connectivity index (χ3n) is 4.47. The van der Waals surface area contributed by atoms with Crippen molar-refractivity contribution in [3.63, 3.8) is 0 Å². The van der Waals surface area contributed by atoms with Crippen molar-refractivity contribution in [2.45, 2.75) is 39.8 Å². The molecule has 1 aliphatic rings. The van der Waals surface area contributed by atoms with Crippen molar-refractivity contribution < 1.29 is 9.53 Å². The van der Waals surface area contributed by atoms with Gasteiger partial charge in [0.15, 0.2) is 0 Å². The molecule has 1 fully saturated rings. The van der Waals surface area contributed by atoms with Gasteiger partial charge in [-0.15, -0.1) is 0 Å². The molecular weight excluding hydrogens is 276 g/mol. The van der Waals surface area contributed by atoms with Gasteiger partial charge < -0.3 is 10.1 Å². The molecule has 0 aliphatic carbocycles. The molecule has 4 heteroatoms. The molecule has 1 amide bonds. The highest BCUT2D eigenvalue weighted by atomic mass is 16.5. The van der Waals surface area contributed by atoms with Crippen LogP contribution in [-0.4, -0.2) is 37.0 Å². The summed E-state index contributed by atoms with van der Waals surface area (Å²) in [5, 5.41) is 3.04. The van der Waals surface area contributed by atoms with Gasteiger partial charge >= 0.3 is 0 Å². The highest BCUT2D eigenvalue weighted by Gasteiger charge is 2.28. The van der Waals surface area contributed by atoms with Crippen LogP contribution in [0, 0.1) is 11.8 Å². The molecule has 0 spiro atoms. The number of rotatable bonds is 5. The molecule has 0 radical (unpaired) electrons. The first-order chi connectivity index (χ1) is 10.5. The lowest BCUT2D eigenvalue weighted by molar-refractivity contribution is -0.127. The predicted molar refractivity (Wildman–Crippen MR) is 88.8 cm³/mol. The topological polar surface area (TPSA) is 41.6 Å². The zero-order valence-corrected chi connectivity index (χ0v) is 14.1. The molecule has 1 heterocycles. The number of hydrogen-bond donors (Lipinski definition) is 1. The average molecular weight is 304 g/mol. The van der Waals surface area contributed by atoms with Crippen LogP contribution in [0.5, 0.6) is 5.75 Å². The zero-order valence-electron chi connectivity index (χ0n) is 14.1. The van der Waals surface area contributed by atoms with Crippen LogP contribution in [0.25, 0.3) is 0 Å². The Hall–Kier alpha value is -1.55. The number of nitrogens with zero attached hydrogens (tertiary/aromatic N) is 1. The number of methoxy groups -OCH3 is 1. The summed E-state index contributed by atoms with van der Waals surface area (Å²) in [7, 11) is 1.65. The van der Waals surface area contributed by atoms with Crippen molar-refractivity contribution in [3.05, 3.63) is 29.8 Å². The molecule has 1 aromatic carbocycles. The Balaban J connectivity index is 1.91. The van der Waals surface area contributed by atoms with Crippen LogP contribution in [0.15, 0.2) is 24.3 Å². The molecule has 1 aliphatic heterocycles. The second kappa shape index (κ2) is 7.63. The van der Waals surface area contributed by atoms with Crippen LogP contribution in [0.3, 0.4) is 0 Å². The third-order valence-corrected chi connectivity index (χ3v) is 4.47. The summed E-state index contributed by atoms with van der Waals surface area (Å²) >= 11 is 0. The summed E-state index contributed by atoms with van der Waals surface area (Å²) in [5.74, 6) is 2.23. The largest absolute Gasteiger partial charge is 0.496 e. The van der Waals surface area contributed by atoms with E-state index in [1.165, 1.54) is 6.42 Å². The van der Waals surface area contributed by atoms with Crippen LogP contribution < -0.4 is 10.1 Å². The van der Waals surface area contributed by atoms with E-state index < -0.39 is 0 Å². The Labute approximate surface area is 133 Å². The summed E-state index contributed by atoms with van der Waals surface area (Å²) in [5.41, 5.74) is 1.01. The fraction of sp³-hybridized carbons (Fsp3) is 0.611. The highest BCUT2D eigenvalue weighted by Crippen LogP contribution is 2.23. The van der Waals surface area contributed by atoms with Gasteiger partial charge in [0, 0.05) is 25.2 Å². The number of amides is 1. The third kappa shape index (κ3) is 4.23. The van der Waals surface area contributed by atoms with Gasteiger partial charge in [-0.05, 0) is 31.2 Å². The Kier molecular flexibility index (Phi) is 5.83. The van der Waals surface area contributed by atoms with E-state index >= 15 is 0 Å². The number of para-hydroxylation sites is 1. The lowest BCUT2D eigenvalue weighted by atomic mass is 9.91. The normalized spacial score (nSPS) is 23.8. The van der Waals surface area contributed by atoms with Gasteiger partial charge in [0.25, 0.3) is 0 Å². The van der Waals surface area contributed by atoms with Crippen LogP contribution >= 0.6 is 0 Å². The van der Waals surface area contributed by atoms with E-state index in [-0.39, 0.29) is 11.9 Å². The molecule has 1 aromatic rings.